The van der Waals surface area contributed by atoms with Gasteiger partial charge in [-0.15, -0.1) is 11.3 Å². The largest absolute Gasteiger partial charge is 0.356 e. The summed E-state index contributed by atoms with van der Waals surface area (Å²) in [5.74, 6) is 1.49. The fourth-order valence-corrected chi connectivity index (χ4v) is 3.89. The van der Waals surface area contributed by atoms with E-state index in [0.29, 0.717) is 5.92 Å². The van der Waals surface area contributed by atoms with Crippen molar-refractivity contribution in [2.75, 3.05) is 59.9 Å². The first kappa shape index (κ1) is 20.1. The zero-order valence-corrected chi connectivity index (χ0v) is 17.2. The molecule has 2 N–H and O–H groups in total. The van der Waals surface area contributed by atoms with Gasteiger partial charge >= 0.3 is 0 Å². The summed E-state index contributed by atoms with van der Waals surface area (Å²) in [5.41, 5.74) is 1.15. The van der Waals surface area contributed by atoms with Gasteiger partial charge in [0.15, 0.2) is 5.96 Å². The van der Waals surface area contributed by atoms with E-state index in [-0.39, 0.29) is 0 Å². The normalized spacial score (nSPS) is 18.4. The average molecular weight is 367 g/mol. The van der Waals surface area contributed by atoms with Crippen LogP contribution >= 0.6 is 11.3 Å². The molecule has 1 unspecified atom stereocenters. The lowest BCUT2D eigenvalue weighted by Crippen LogP contribution is -2.47. The van der Waals surface area contributed by atoms with E-state index in [1.54, 1.807) is 11.3 Å². The maximum absolute atomic E-state index is 4.59. The first-order valence-electron chi connectivity index (χ1n) is 9.26. The van der Waals surface area contributed by atoms with E-state index in [4.69, 9.17) is 0 Å². The van der Waals surface area contributed by atoms with E-state index in [9.17, 15) is 0 Å². The van der Waals surface area contributed by atoms with Gasteiger partial charge in [-0.05, 0) is 26.8 Å². The number of aryl methyl sites for hydroxylation is 2. The Bertz CT molecular complexity index is 528. The van der Waals surface area contributed by atoms with Crippen LogP contribution in [0.2, 0.25) is 0 Å². The molecule has 1 atom stereocenters. The highest BCUT2D eigenvalue weighted by Gasteiger charge is 2.16. The van der Waals surface area contributed by atoms with E-state index in [1.807, 2.05) is 7.05 Å². The van der Waals surface area contributed by atoms with Crippen LogP contribution in [-0.4, -0.2) is 80.7 Å². The molecule has 0 bridgehead atoms. The van der Waals surface area contributed by atoms with Crippen LogP contribution in [0, 0.1) is 19.8 Å². The van der Waals surface area contributed by atoms with Crippen molar-refractivity contribution in [2.45, 2.75) is 27.2 Å². The molecule has 2 heterocycles. The summed E-state index contributed by atoms with van der Waals surface area (Å²) in [4.78, 5) is 15.2. The Kier molecular flexibility index (Phi) is 8.12. The molecule has 0 aromatic carbocycles. The SMILES string of the molecule is CN=C(NCCc1nc(C)c(C)s1)NCC(C)CN1CCN(C)CC1. The van der Waals surface area contributed by atoms with Crippen molar-refractivity contribution < 1.29 is 0 Å². The lowest BCUT2D eigenvalue weighted by molar-refractivity contribution is 0.139. The number of hydrogen-bond donors (Lipinski definition) is 2. The fourth-order valence-electron chi connectivity index (χ4n) is 2.96. The second-order valence-corrected chi connectivity index (χ2v) is 8.38. The number of likely N-dealkylation sites (N-methyl/N-ethyl adjacent to an activating group) is 1. The number of guanidine groups is 1. The van der Waals surface area contributed by atoms with Crippen LogP contribution in [0.3, 0.4) is 0 Å². The van der Waals surface area contributed by atoms with E-state index in [0.717, 1.165) is 37.7 Å². The van der Waals surface area contributed by atoms with E-state index >= 15 is 0 Å². The van der Waals surface area contributed by atoms with Gasteiger partial charge in [-0.1, -0.05) is 6.92 Å². The highest BCUT2D eigenvalue weighted by Crippen LogP contribution is 2.16. The van der Waals surface area contributed by atoms with Crippen molar-refractivity contribution in [1.29, 1.82) is 0 Å². The predicted molar refractivity (Wildman–Crippen MR) is 108 cm³/mol. The second kappa shape index (κ2) is 10.1. The molecule has 1 aromatic heterocycles. The number of thiazole rings is 1. The van der Waals surface area contributed by atoms with Crippen molar-refractivity contribution in [3.05, 3.63) is 15.6 Å². The third-order valence-corrected chi connectivity index (χ3v) is 5.84. The van der Waals surface area contributed by atoms with Gasteiger partial charge in [0.05, 0.1) is 10.7 Å². The van der Waals surface area contributed by atoms with Gasteiger partial charge in [-0.25, -0.2) is 4.98 Å². The van der Waals surface area contributed by atoms with E-state index in [2.05, 4.69) is 58.2 Å². The molecule has 0 aliphatic carbocycles. The Morgan fingerprint density at radius 2 is 1.96 bits per heavy atom. The highest BCUT2D eigenvalue weighted by atomic mass is 32.1. The van der Waals surface area contributed by atoms with Gasteiger partial charge in [0, 0.05) is 64.2 Å². The van der Waals surface area contributed by atoms with Crippen molar-refractivity contribution in [3.8, 4) is 0 Å². The molecule has 0 radical (unpaired) electrons. The molecule has 7 heteroatoms. The second-order valence-electron chi connectivity index (χ2n) is 7.09. The Balaban J connectivity index is 1.64. The lowest BCUT2D eigenvalue weighted by Gasteiger charge is -2.34. The minimum Gasteiger partial charge on any atom is -0.356 e. The third-order valence-electron chi connectivity index (χ3n) is 4.71. The zero-order valence-electron chi connectivity index (χ0n) is 16.4. The summed E-state index contributed by atoms with van der Waals surface area (Å²) in [5, 5.41) is 8.05. The molecule has 142 valence electrons. The monoisotopic (exact) mass is 366 g/mol. The van der Waals surface area contributed by atoms with E-state index in [1.165, 1.54) is 36.1 Å². The van der Waals surface area contributed by atoms with Crippen LogP contribution < -0.4 is 10.6 Å². The minimum atomic E-state index is 0.603. The topological polar surface area (TPSA) is 55.8 Å². The molecular formula is C18H34N6S. The molecule has 25 heavy (non-hydrogen) atoms. The van der Waals surface area contributed by atoms with Crippen LogP contribution in [0.1, 0.15) is 22.5 Å². The summed E-state index contributed by atoms with van der Waals surface area (Å²) in [6.45, 7) is 14.2. The van der Waals surface area contributed by atoms with Crippen molar-refractivity contribution in [2.24, 2.45) is 10.9 Å². The van der Waals surface area contributed by atoms with Gasteiger partial charge in [0.2, 0.25) is 0 Å². The predicted octanol–water partition coefficient (Wildman–Crippen LogP) is 1.35. The molecule has 1 aliphatic rings. The minimum absolute atomic E-state index is 0.603. The van der Waals surface area contributed by atoms with Crippen molar-refractivity contribution >= 4 is 17.3 Å². The smallest absolute Gasteiger partial charge is 0.190 e. The summed E-state index contributed by atoms with van der Waals surface area (Å²) in [7, 11) is 4.03. The van der Waals surface area contributed by atoms with Gasteiger partial charge in [0.25, 0.3) is 0 Å². The maximum atomic E-state index is 4.59. The fraction of sp³-hybridized carbons (Fsp3) is 0.778. The van der Waals surface area contributed by atoms with Crippen LogP contribution in [0.4, 0.5) is 0 Å². The van der Waals surface area contributed by atoms with Crippen LogP contribution in [0.5, 0.6) is 0 Å². The molecule has 1 saturated heterocycles. The molecule has 1 aromatic rings. The lowest BCUT2D eigenvalue weighted by atomic mass is 10.1. The quantitative estimate of drug-likeness (QED) is 0.564. The molecular weight excluding hydrogens is 332 g/mol. The number of rotatable bonds is 7. The number of aliphatic imine (C=N–C) groups is 1. The Labute approximate surface area is 156 Å². The van der Waals surface area contributed by atoms with Gasteiger partial charge < -0.3 is 20.4 Å². The first-order valence-corrected chi connectivity index (χ1v) is 10.1. The Morgan fingerprint density at radius 1 is 1.24 bits per heavy atom. The Hall–Kier alpha value is -1.18. The maximum Gasteiger partial charge on any atom is 0.190 e. The molecule has 0 saturated carbocycles. The average Bonchev–Trinajstić information content (AvgIpc) is 2.91. The molecule has 2 rings (SSSR count). The summed E-state index contributed by atoms with van der Waals surface area (Å²) in [6, 6.07) is 0. The molecule has 1 aliphatic heterocycles. The molecule has 1 fully saturated rings. The van der Waals surface area contributed by atoms with Crippen LogP contribution in [0.15, 0.2) is 4.99 Å². The van der Waals surface area contributed by atoms with Gasteiger partial charge in [0.1, 0.15) is 0 Å². The third kappa shape index (κ3) is 6.92. The van der Waals surface area contributed by atoms with Gasteiger partial charge in [-0.2, -0.15) is 0 Å². The summed E-state index contributed by atoms with van der Waals surface area (Å²) >= 11 is 1.79. The first-order chi connectivity index (χ1) is 12.0. The van der Waals surface area contributed by atoms with Crippen molar-refractivity contribution in [1.82, 2.24) is 25.4 Å². The van der Waals surface area contributed by atoms with Gasteiger partial charge in [-0.3, -0.25) is 4.99 Å². The zero-order chi connectivity index (χ0) is 18.2. The number of nitrogens with zero attached hydrogens (tertiary/aromatic N) is 4. The van der Waals surface area contributed by atoms with E-state index < -0.39 is 0 Å². The Morgan fingerprint density at radius 3 is 2.56 bits per heavy atom. The van der Waals surface area contributed by atoms with Crippen molar-refractivity contribution in [3.63, 3.8) is 0 Å². The number of nitrogens with one attached hydrogen (secondary N) is 2. The highest BCUT2D eigenvalue weighted by molar-refractivity contribution is 7.11. The van der Waals surface area contributed by atoms with Crippen LogP contribution in [-0.2, 0) is 6.42 Å². The number of piperazine rings is 1. The molecule has 0 spiro atoms. The standard InChI is InChI=1S/C18H34N6S/c1-14(13-24-10-8-23(5)9-11-24)12-21-18(19-4)20-7-6-17-22-15(2)16(3)25-17/h14H,6-13H2,1-5H3,(H2,19,20,21). The number of aromatic nitrogens is 1. The summed E-state index contributed by atoms with van der Waals surface area (Å²) < 4.78 is 0. The molecule has 0 amide bonds. The van der Waals surface area contributed by atoms with Crippen LogP contribution in [0.25, 0.3) is 0 Å². The molecule has 6 nitrogen and oxygen atoms in total. The summed E-state index contributed by atoms with van der Waals surface area (Å²) in [6.07, 6.45) is 0.941. The number of hydrogen-bond acceptors (Lipinski definition) is 5.